The molecule has 1 aromatic heterocycles. The van der Waals surface area contributed by atoms with Crippen LogP contribution in [-0.2, 0) is 17.8 Å². The first-order valence-electron chi connectivity index (χ1n) is 9.73. The van der Waals surface area contributed by atoms with Gasteiger partial charge in [0.05, 0.1) is 19.2 Å². The van der Waals surface area contributed by atoms with Crippen molar-refractivity contribution >= 4 is 5.91 Å². The minimum absolute atomic E-state index is 0.0462. The highest BCUT2D eigenvalue weighted by Gasteiger charge is 2.25. The van der Waals surface area contributed by atoms with Crippen molar-refractivity contribution in [2.24, 2.45) is 0 Å². The van der Waals surface area contributed by atoms with E-state index in [2.05, 4.69) is 24.0 Å². The first-order valence-corrected chi connectivity index (χ1v) is 9.73. The fourth-order valence-electron chi connectivity index (χ4n) is 3.65. The van der Waals surface area contributed by atoms with Crippen LogP contribution in [-0.4, -0.2) is 48.6 Å². The second-order valence-electron chi connectivity index (χ2n) is 7.48. The molecule has 146 valence electrons. The SMILES string of the molecule is COCC(C)N(Cc1cccc(C)c1)C(=O)c1ccc(CN2CCCC2)o1. The van der Waals surface area contributed by atoms with Gasteiger partial charge in [-0.3, -0.25) is 9.69 Å². The predicted octanol–water partition coefficient (Wildman–Crippen LogP) is 3.86. The van der Waals surface area contributed by atoms with Crippen molar-refractivity contribution in [1.29, 1.82) is 0 Å². The minimum Gasteiger partial charge on any atom is -0.455 e. The molecule has 27 heavy (non-hydrogen) atoms. The van der Waals surface area contributed by atoms with Crippen molar-refractivity contribution in [1.82, 2.24) is 9.80 Å². The molecule has 1 unspecified atom stereocenters. The zero-order valence-electron chi connectivity index (χ0n) is 16.6. The molecule has 1 aliphatic rings. The number of amides is 1. The molecule has 2 heterocycles. The topological polar surface area (TPSA) is 45.9 Å². The van der Waals surface area contributed by atoms with Crippen molar-refractivity contribution < 1.29 is 13.9 Å². The van der Waals surface area contributed by atoms with Crippen LogP contribution in [0.15, 0.2) is 40.8 Å². The summed E-state index contributed by atoms with van der Waals surface area (Å²) >= 11 is 0. The first kappa shape index (κ1) is 19.6. The summed E-state index contributed by atoms with van der Waals surface area (Å²) in [4.78, 5) is 17.4. The van der Waals surface area contributed by atoms with E-state index in [-0.39, 0.29) is 11.9 Å². The molecule has 0 radical (unpaired) electrons. The molecule has 0 bridgehead atoms. The van der Waals surface area contributed by atoms with E-state index in [1.807, 2.05) is 30.0 Å². The fraction of sp³-hybridized carbons (Fsp3) is 0.500. The molecule has 0 saturated carbocycles. The Hall–Kier alpha value is -2.11. The quantitative estimate of drug-likeness (QED) is 0.708. The highest BCUT2D eigenvalue weighted by Crippen LogP contribution is 2.19. The number of aryl methyl sites for hydroxylation is 1. The molecule has 1 aliphatic heterocycles. The molecule has 5 heteroatoms. The van der Waals surface area contributed by atoms with E-state index in [9.17, 15) is 4.79 Å². The van der Waals surface area contributed by atoms with E-state index in [4.69, 9.17) is 9.15 Å². The van der Waals surface area contributed by atoms with E-state index in [1.54, 1.807) is 13.2 Å². The largest absolute Gasteiger partial charge is 0.455 e. The number of carbonyl (C=O) groups is 1. The molecule has 0 spiro atoms. The molecule has 3 rings (SSSR count). The second kappa shape index (κ2) is 9.20. The molecule has 2 aromatic rings. The Kier molecular flexibility index (Phi) is 6.69. The monoisotopic (exact) mass is 370 g/mol. The zero-order valence-corrected chi connectivity index (χ0v) is 16.6. The molecular weight excluding hydrogens is 340 g/mol. The number of hydrogen-bond acceptors (Lipinski definition) is 4. The van der Waals surface area contributed by atoms with Gasteiger partial charge in [-0.1, -0.05) is 29.8 Å². The molecule has 1 saturated heterocycles. The smallest absolute Gasteiger partial charge is 0.290 e. The Bertz CT molecular complexity index is 750. The third kappa shape index (κ3) is 5.21. The van der Waals surface area contributed by atoms with Gasteiger partial charge in [0.2, 0.25) is 0 Å². The average Bonchev–Trinajstić information content (AvgIpc) is 3.32. The number of furan rings is 1. The van der Waals surface area contributed by atoms with Crippen LogP contribution in [0.25, 0.3) is 0 Å². The van der Waals surface area contributed by atoms with Gasteiger partial charge in [-0.05, 0) is 57.5 Å². The number of ether oxygens (including phenoxy) is 1. The number of hydrogen-bond donors (Lipinski definition) is 0. The summed E-state index contributed by atoms with van der Waals surface area (Å²) < 4.78 is 11.2. The standard InChI is InChI=1S/C22H30N2O3/c1-17-7-6-8-19(13-17)14-24(18(2)16-26-3)22(25)21-10-9-20(27-21)15-23-11-4-5-12-23/h6-10,13,18H,4-5,11-12,14-16H2,1-3H3. The summed E-state index contributed by atoms with van der Waals surface area (Å²) in [5.74, 6) is 1.17. The summed E-state index contributed by atoms with van der Waals surface area (Å²) in [6, 6.07) is 11.9. The van der Waals surface area contributed by atoms with Gasteiger partial charge in [0, 0.05) is 13.7 Å². The van der Waals surface area contributed by atoms with Crippen LogP contribution < -0.4 is 0 Å². The van der Waals surface area contributed by atoms with Gasteiger partial charge in [-0.25, -0.2) is 0 Å². The van der Waals surface area contributed by atoms with Crippen LogP contribution in [0.1, 0.15) is 47.2 Å². The van der Waals surface area contributed by atoms with Crippen molar-refractivity contribution in [2.45, 2.75) is 45.8 Å². The molecule has 1 aromatic carbocycles. The van der Waals surface area contributed by atoms with Gasteiger partial charge < -0.3 is 14.1 Å². The highest BCUT2D eigenvalue weighted by molar-refractivity contribution is 5.91. The summed E-state index contributed by atoms with van der Waals surface area (Å²) in [7, 11) is 1.66. The molecular formula is C22H30N2O3. The Morgan fingerprint density at radius 1 is 1.26 bits per heavy atom. The lowest BCUT2D eigenvalue weighted by atomic mass is 10.1. The number of nitrogens with zero attached hydrogens (tertiary/aromatic N) is 2. The maximum absolute atomic E-state index is 13.2. The van der Waals surface area contributed by atoms with Crippen LogP contribution in [0.3, 0.4) is 0 Å². The summed E-state index contributed by atoms with van der Waals surface area (Å²) in [6.07, 6.45) is 2.48. The van der Waals surface area contributed by atoms with Gasteiger partial charge in [0.1, 0.15) is 5.76 Å². The highest BCUT2D eigenvalue weighted by atomic mass is 16.5. The van der Waals surface area contributed by atoms with E-state index in [0.29, 0.717) is 18.9 Å². The van der Waals surface area contributed by atoms with Gasteiger partial charge >= 0.3 is 0 Å². The van der Waals surface area contributed by atoms with Gasteiger partial charge in [0.15, 0.2) is 5.76 Å². The number of benzene rings is 1. The molecule has 0 aliphatic carbocycles. The third-order valence-corrected chi connectivity index (χ3v) is 5.09. The van der Waals surface area contributed by atoms with Crippen LogP contribution in [0, 0.1) is 6.92 Å². The Balaban J connectivity index is 1.74. The van der Waals surface area contributed by atoms with Gasteiger partial charge in [-0.15, -0.1) is 0 Å². The molecule has 1 fully saturated rings. The van der Waals surface area contributed by atoms with Crippen molar-refractivity contribution in [3.05, 3.63) is 59.0 Å². The van der Waals surface area contributed by atoms with Gasteiger partial charge in [-0.2, -0.15) is 0 Å². The predicted molar refractivity (Wildman–Crippen MR) is 106 cm³/mol. The van der Waals surface area contributed by atoms with E-state index < -0.39 is 0 Å². The van der Waals surface area contributed by atoms with E-state index in [1.165, 1.54) is 18.4 Å². The first-order chi connectivity index (χ1) is 13.1. The van der Waals surface area contributed by atoms with Crippen molar-refractivity contribution in [2.75, 3.05) is 26.8 Å². The van der Waals surface area contributed by atoms with Crippen LogP contribution in [0.2, 0.25) is 0 Å². The van der Waals surface area contributed by atoms with Crippen LogP contribution >= 0.6 is 0 Å². The Morgan fingerprint density at radius 2 is 2.04 bits per heavy atom. The summed E-state index contributed by atoms with van der Waals surface area (Å²) in [5, 5.41) is 0. The number of rotatable bonds is 8. The van der Waals surface area contributed by atoms with Crippen molar-refractivity contribution in [3.8, 4) is 0 Å². The van der Waals surface area contributed by atoms with E-state index >= 15 is 0 Å². The lowest BCUT2D eigenvalue weighted by Crippen LogP contribution is -2.40. The fourth-order valence-corrected chi connectivity index (χ4v) is 3.65. The minimum atomic E-state index is -0.0891. The summed E-state index contributed by atoms with van der Waals surface area (Å²) in [6.45, 7) is 8.07. The van der Waals surface area contributed by atoms with Gasteiger partial charge in [0.25, 0.3) is 5.91 Å². The maximum atomic E-state index is 13.2. The molecule has 0 N–H and O–H groups in total. The average molecular weight is 370 g/mol. The molecule has 1 amide bonds. The van der Waals surface area contributed by atoms with Crippen LogP contribution in [0.5, 0.6) is 0 Å². The molecule has 5 nitrogen and oxygen atoms in total. The number of likely N-dealkylation sites (tertiary alicyclic amines) is 1. The van der Waals surface area contributed by atoms with E-state index in [0.717, 1.165) is 31.0 Å². The lowest BCUT2D eigenvalue weighted by molar-refractivity contribution is 0.0510. The number of carbonyl (C=O) groups excluding carboxylic acids is 1. The normalized spacial score (nSPS) is 15.8. The number of methoxy groups -OCH3 is 1. The zero-order chi connectivity index (χ0) is 19.2. The third-order valence-electron chi connectivity index (χ3n) is 5.09. The van der Waals surface area contributed by atoms with Crippen molar-refractivity contribution in [3.63, 3.8) is 0 Å². The Morgan fingerprint density at radius 3 is 2.74 bits per heavy atom. The van der Waals surface area contributed by atoms with Crippen LogP contribution in [0.4, 0.5) is 0 Å². The lowest BCUT2D eigenvalue weighted by Gasteiger charge is -2.28. The molecule has 1 atom stereocenters. The summed E-state index contributed by atoms with van der Waals surface area (Å²) in [5.41, 5.74) is 2.29. The maximum Gasteiger partial charge on any atom is 0.290 e. The Labute approximate surface area is 161 Å². The second-order valence-corrected chi connectivity index (χ2v) is 7.48.